The third-order valence-corrected chi connectivity index (χ3v) is 1.93. The SMILES string of the molecule is CCCOc1cccc(F)c1C(C)N. The van der Waals surface area contributed by atoms with Gasteiger partial charge in [0.05, 0.1) is 6.61 Å². The van der Waals surface area contributed by atoms with Crippen LogP contribution in [0, 0.1) is 5.82 Å². The molecule has 0 aliphatic rings. The van der Waals surface area contributed by atoms with Crippen LogP contribution in [0.3, 0.4) is 0 Å². The molecule has 14 heavy (non-hydrogen) atoms. The predicted octanol–water partition coefficient (Wildman–Crippen LogP) is 2.63. The zero-order valence-corrected chi connectivity index (χ0v) is 8.59. The zero-order chi connectivity index (χ0) is 10.6. The minimum atomic E-state index is -0.344. The van der Waals surface area contributed by atoms with Crippen molar-refractivity contribution in [1.82, 2.24) is 0 Å². The Kier molecular flexibility index (Phi) is 3.89. The summed E-state index contributed by atoms with van der Waals surface area (Å²) in [5.41, 5.74) is 6.13. The largest absolute Gasteiger partial charge is 0.493 e. The second kappa shape index (κ2) is 4.96. The van der Waals surface area contributed by atoms with Gasteiger partial charge in [-0.15, -0.1) is 0 Å². The highest BCUT2D eigenvalue weighted by Crippen LogP contribution is 2.26. The van der Waals surface area contributed by atoms with Gasteiger partial charge in [0, 0.05) is 11.6 Å². The topological polar surface area (TPSA) is 35.2 Å². The molecule has 1 atom stereocenters. The Bertz CT molecular complexity index is 299. The summed E-state index contributed by atoms with van der Waals surface area (Å²) in [6.07, 6.45) is 0.898. The molecular formula is C11H16FNO. The molecule has 0 amide bonds. The van der Waals surface area contributed by atoms with Crippen molar-refractivity contribution in [2.75, 3.05) is 6.61 Å². The maximum atomic E-state index is 13.4. The maximum Gasteiger partial charge on any atom is 0.131 e. The Morgan fingerprint density at radius 1 is 1.50 bits per heavy atom. The molecule has 2 N–H and O–H groups in total. The van der Waals surface area contributed by atoms with Gasteiger partial charge in [0.15, 0.2) is 0 Å². The monoisotopic (exact) mass is 197 g/mol. The van der Waals surface area contributed by atoms with Crippen LogP contribution in [0.1, 0.15) is 31.9 Å². The average molecular weight is 197 g/mol. The molecule has 2 nitrogen and oxygen atoms in total. The molecule has 0 radical (unpaired) electrons. The minimum absolute atomic E-state index is 0.298. The van der Waals surface area contributed by atoms with Crippen molar-refractivity contribution in [2.45, 2.75) is 26.3 Å². The smallest absolute Gasteiger partial charge is 0.131 e. The van der Waals surface area contributed by atoms with Crippen LogP contribution < -0.4 is 10.5 Å². The number of benzene rings is 1. The number of nitrogens with two attached hydrogens (primary N) is 1. The van der Waals surface area contributed by atoms with Crippen LogP contribution in [0.5, 0.6) is 5.75 Å². The summed E-state index contributed by atoms with van der Waals surface area (Å²) in [7, 11) is 0. The van der Waals surface area contributed by atoms with E-state index >= 15 is 0 Å². The van der Waals surface area contributed by atoms with Gasteiger partial charge in [-0.2, -0.15) is 0 Å². The maximum absolute atomic E-state index is 13.4. The average Bonchev–Trinajstić information content (AvgIpc) is 2.14. The summed E-state index contributed by atoms with van der Waals surface area (Å²) in [5.74, 6) is 0.260. The van der Waals surface area contributed by atoms with E-state index < -0.39 is 0 Å². The number of hydrogen-bond donors (Lipinski definition) is 1. The predicted molar refractivity (Wildman–Crippen MR) is 54.8 cm³/mol. The number of rotatable bonds is 4. The third-order valence-electron chi connectivity index (χ3n) is 1.93. The van der Waals surface area contributed by atoms with E-state index in [1.54, 1.807) is 19.1 Å². The van der Waals surface area contributed by atoms with E-state index in [2.05, 4.69) is 0 Å². The summed E-state index contributed by atoms with van der Waals surface area (Å²) >= 11 is 0. The Labute approximate surface area is 83.9 Å². The van der Waals surface area contributed by atoms with Crippen molar-refractivity contribution in [3.63, 3.8) is 0 Å². The van der Waals surface area contributed by atoms with Crippen LogP contribution in [0.2, 0.25) is 0 Å². The molecule has 0 aliphatic carbocycles. The fraction of sp³-hybridized carbons (Fsp3) is 0.455. The molecule has 1 aromatic rings. The van der Waals surface area contributed by atoms with E-state index in [1.807, 2.05) is 6.92 Å². The minimum Gasteiger partial charge on any atom is -0.493 e. The van der Waals surface area contributed by atoms with Crippen LogP contribution in [-0.4, -0.2) is 6.61 Å². The van der Waals surface area contributed by atoms with Crippen molar-refractivity contribution >= 4 is 0 Å². The van der Waals surface area contributed by atoms with E-state index in [9.17, 15) is 4.39 Å². The molecule has 78 valence electrons. The van der Waals surface area contributed by atoms with Crippen molar-refractivity contribution in [1.29, 1.82) is 0 Å². The molecule has 0 heterocycles. The molecule has 0 saturated carbocycles. The summed E-state index contributed by atoms with van der Waals surface area (Å²) in [5, 5.41) is 0. The number of ether oxygens (including phenoxy) is 1. The first-order valence-corrected chi connectivity index (χ1v) is 4.83. The Balaban J connectivity index is 2.96. The van der Waals surface area contributed by atoms with E-state index in [4.69, 9.17) is 10.5 Å². The molecule has 0 saturated heterocycles. The lowest BCUT2D eigenvalue weighted by Crippen LogP contribution is -2.10. The third kappa shape index (κ3) is 2.45. The Hall–Kier alpha value is -1.09. The molecule has 0 spiro atoms. The Morgan fingerprint density at radius 2 is 2.21 bits per heavy atom. The first-order chi connectivity index (χ1) is 6.66. The van der Waals surface area contributed by atoms with Crippen molar-refractivity contribution in [3.8, 4) is 5.75 Å². The van der Waals surface area contributed by atoms with Gasteiger partial charge in [-0.25, -0.2) is 4.39 Å². The van der Waals surface area contributed by atoms with E-state index in [1.165, 1.54) is 6.07 Å². The van der Waals surface area contributed by atoms with Crippen LogP contribution in [0.4, 0.5) is 4.39 Å². The lowest BCUT2D eigenvalue weighted by Gasteiger charge is -2.14. The molecule has 0 fully saturated rings. The lowest BCUT2D eigenvalue weighted by molar-refractivity contribution is 0.310. The molecule has 1 aromatic carbocycles. The van der Waals surface area contributed by atoms with Crippen molar-refractivity contribution < 1.29 is 9.13 Å². The second-order valence-corrected chi connectivity index (χ2v) is 3.29. The highest BCUT2D eigenvalue weighted by Gasteiger charge is 2.12. The summed E-state index contributed by atoms with van der Waals surface area (Å²) in [6, 6.07) is 4.43. The number of hydrogen-bond acceptors (Lipinski definition) is 2. The van der Waals surface area contributed by atoms with Crippen molar-refractivity contribution in [2.24, 2.45) is 5.73 Å². The summed E-state index contributed by atoms with van der Waals surface area (Å²) in [6.45, 7) is 4.34. The molecule has 0 bridgehead atoms. The van der Waals surface area contributed by atoms with E-state index in [0.29, 0.717) is 17.9 Å². The molecular weight excluding hydrogens is 181 g/mol. The zero-order valence-electron chi connectivity index (χ0n) is 8.59. The second-order valence-electron chi connectivity index (χ2n) is 3.29. The van der Waals surface area contributed by atoms with E-state index in [-0.39, 0.29) is 11.9 Å². The van der Waals surface area contributed by atoms with Gasteiger partial charge >= 0.3 is 0 Å². The van der Waals surface area contributed by atoms with Crippen LogP contribution in [0.25, 0.3) is 0 Å². The first-order valence-electron chi connectivity index (χ1n) is 4.83. The quantitative estimate of drug-likeness (QED) is 0.805. The fourth-order valence-electron chi connectivity index (χ4n) is 1.30. The van der Waals surface area contributed by atoms with Gasteiger partial charge in [-0.3, -0.25) is 0 Å². The fourth-order valence-corrected chi connectivity index (χ4v) is 1.30. The first kappa shape index (κ1) is 11.0. The summed E-state index contributed by atoms with van der Waals surface area (Å²) in [4.78, 5) is 0. The van der Waals surface area contributed by atoms with Crippen LogP contribution in [-0.2, 0) is 0 Å². The van der Waals surface area contributed by atoms with Gasteiger partial charge in [0.2, 0.25) is 0 Å². The van der Waals surface area contributed by atoms with Crippen LogP contribution >= 0.6 is 0 Å². The highest BCUT2D eigenvalue weighted by molar-refractivity contribution is 5.36. The molecule has 3 heteroatoms. The van der Waals surface area contributed by atoms with Gasteiger partial charge < -0.3 is 10.5 Å². The Morgan fingerprint density at radius 3 is 2.79 bits per heavy atom. The van der Waals surface area contributed by atoms with Gasteiger partial charge in [0.1, 0.15) is 11.6 Å². The van der Waals surface area contributed by atoms with Gasteiger partial charge in [0.25, 0.3) is 0 Å². The van der Waals surface area contributed by atoms with Crippen LogP contribution in [0.15, 0.2) is 18.2 Å². The van der Waals surface area contributed by atoms with E-state index in [0.717, 1.165) is 6.42 Å². The standard InChI is InChI=1S/C11H16FNO/c1-3-7-14-10-6-4-5-9(12)11(10)8(2)13/h4-6,8H,3,7,13H2,1-2H3. The number of halogens is 1. The molecule has 1 unspecified atom stereocenters. The van der Waals surface area contributed by atoms with Crippen molar-refractivity contribution in [3.05, 3.63) is 29.6 Å². The molecule has 0 aromatic heterocycles. The highest BCUT2D eigenvalue weighted by atomic mass is 19.1. The van der Waals surface area contributed by atoms with Gasteiger partial charge in [-0.1, -0.05) is 13.0 Å². The summed E-state index contributed by atoms with van der Waals surface area (Å²) < 4.78 is 18.8. The molecule has 1 rings (SSSR count). The van der Waals surface area contributed by atoms with Gasteiger partial charge in [-0.05, 0) is 25.5 Å². The lowest BCUT2D eigenvalue weighted by atomic mass is 10.1. The normalized spacial score (nSPS) is 12.6. The molecule has 0 aliphatic heterocycles.